The average molecular weight is 205 g/mol. The molecule has 1 unspecified atom stereocenters. The topological polar surface area (TPSA) is 17.1 Å². The zero-order valence-corrected chi connectivity index (χ0v) is 10.3. The maximum atomic E-state index is 11.6. The molecule has 0 rings (SSSR count). The third-order valence-electron chi connectivity index (χ3n) is 2.14. The second-order valence-electron chi connectivity index (χ2n) is 5.71. The molecule has 1 atom stereocenters. The smallest absolute Gasteiger partial charge is 0.139 e. The molecule has 0 fully saturated rings. The summed E-state index contributed by atoms with van der Waals surface area (Å²) in [5, 5.41) is -0.0702. The predicted octanol–water partition coefficient (Wildman–Crippen LogP) is 3.65. The Morgan fingerprint density at radius 3 is 1.77 bits per heavy atom. The molecule has 13 heavy (non-hydrogen) atoms. The Morgan fingerprint density at radius 1 is 1.15 bits per heavy atom. The fraction of sp³-hybridized carbons (Fsp3) is 0.909. The van der Waals surface area contributed by atoms with Gasteiger partial charge in [-0.2, -0.15) is 0 Å². The fourth-order valence-electron chi connectivity index (χ4n) is 0.775. The number of ketones is 1. The summed E-state index contributed by atoms with van der Waals surface area (Å²) in [6, 6.07) is 0. The van der Waals surface area contributed by atoms with Crippen molar-refractivity contribution in [3.05, 3.63) is 0 Å². The quantitative estimate of drug-likeness (QED) is 0.628. The van der Waals surface area contributed by atoms with E-state index in [0.29, 0.717) is 6.42 Å². The maximum Gasteiger partial charge on any atom is 0.139 e. The van der Waals surface area contributed by atoms with Crippen molar-refractivity contribution in [2.24, 2.45) is 10.8 Å². The van der Waals surface area contributed by atoms with Crippen molar-refractivity contribution in [1.29, 1.82) is 0 Å². The van der Waals surface area contributed by atoms with E-state index in [9.17, 15) is 4.79 Å². The van der Waals surface area contributed by atoms with Crippen LogP contribution in [0.2, 0.25) is 0 Å². The molecule has 0 aliphatic rings. The van der Waals surface area contributed by atoms with Gasteiger partial charge in [0.2, 0.25) is 0 Å². The molecule has 0 aromatic heterocycles. The van der Waals surface area contributed by atoms with Gasteiger partial charge in [-0.25, -0.2) is 0 Å². The van der Waals surface area contributed by atoms with Crippen LogP contribution in [-0.2, 0) is 4.79 Å². The first-order valence-electron chi connectivity index (χ1n) is 4.72. The van der Waals surface area contributed by atoms with Gasteiger partial charge < -0.3 is 0 Å². The SMILES string of the molecule is CC(C)(C)C(=O)CC(Cl)C(C)(C)C. The fourth-order valence-corrected chi connectivity index (χ4v) is 0.915. The number of hydrogen-bond acceptors (Lipinski definition) is 1. The number of hydrogen-bond donors (Lipinski definition) is 0. The van der Waals surface area contributed by atoms with E-state index >= 15 is 0 Å². The van der Waals surface area contributed by atoms with E-state index in [2.05, 4.69) is 20.8 Å². The van der Waals surface area contributed by atoms with E-state index in [1.54, 1.807) is 0 Å². The van der Waals surface area contributed by atoms with Gasteiger partial charge in [-0.15, -0.1) is 11.6 Å². The molecule has 78 valence electrons. The molecule has 0 bridgehead atoms. The molecule has 1 nitrogen and oxygen atoms in total. The Balaban J connectivity index is 4.24. The maximum absolute atomic E-state index is 11.6. The van der Waals surface area contributed by atoms with Crippen molar-refractivity contribution in [2.75, 3.05) is 0 Å². The Bertz CT molecular complexity index is 183. The van der Waals surface area contributed by atoms with Gasteiger partial charge in [0, 0.05) is 17.2 Å². The molecule has 0 radical (unpaired) electrons. The minimum Gasteiger partial charge on any atom is -0.299 e. The Labute approximate surface area is 86.9 Å². The summed E-state index contributed by atoms with van der Waals surface area (Å²) in [4.78, 5) is 11.6. The highest BCUT2D eigenvalue weighted by atomic mass is 35.5. The average Bonchev–Trinajstić information content (AvgIpc) is 1.82. The summed E-state index contributed by atoms with van der Waals surface area (Å²) in [6.07, 6.45) is 0.467. The molecule has 0 saturated carbocycles. The second-order valence-corrected chi connectivity index (χ2v) is 6.24. The van der Waals surface area contributed by atoms with Crippen LogP contribution in [0.3, 0.4) is 0 Å². The van der Waals surface area contributed by atoms with Gasteiger partial charge in [-0.05, 0) is 5.41 Å². The van der Waals surface area contributed by atoms with Crippen LogP contribution in [0.1, 0.15) is 48.0 Å². The van der Waals surface area contributed by atoms with Gasteiger partial charge in [0.15, 0.2) is 0 Å². The summed E-state index contributed by atoms with van der Waals surface area (Å²) in [5.74, 6) is 0.238. The summed E-state index contributed by atoms with van der Waals surface area (Å²) in [6.45, 7) is 12.0. The van der Waals surface area contributed by atoms with Crippen molar-refractivity contribution in [3.63, 3.8) is 0 Å². The van der Waals surface area contributed by atoms with Crippen LogP contribution in [0.25, 0.3) is 0 Å². The summed E-state index contributed by atoms with van der Waals surface area (Å²) in [5.41, 5.74) is -0.263. The standard InChI is InChI=1S/C11H21ClO/c1-10(2,3)8(12)7-9(13)11(4,5)6/h8H,7H2,1-6H3. The third kappa shape index (κ3) is 4.66. The van der Waals surface area contributed by atoms with Crippen molar-refractivity contribution in [2.45, 2.75) is 53.3 Å². The Kier molecular flexibility index (Phi) is 3.98. The highest BCUT2D eigenvalue weighted by Gasteiger charge is 2.29. The van der Waals surface area contributed by atoms with E-state index in [0.717, 1.165) is 0 Å². The van der Waals surface area contributed by atoms with Gasteiger partial charge in [0.05, 0.1) is 0 Å². The number of rotatable bonds is 2. The zero-order chi connectivity index (χ0) is 10.9. The van der Waals surface area contributed by atoms with E-state index in [4.69, 9.17) is 11.6 Å². The normalized spacial score (nSPS) is 15.6. The molecule has 0 amide bonds. The summed E-state index contributed by atoms with van der Waals surface area (Å²) >= 11 is 6.14. The van der Waals surface area contributed by atoms with Crippen molar-refractivity contribution < 1.29 is 4.79 Å². The summed E-state index contributed by atoms with van der Waals surface area (Å²) in [7, 11) is 0. The van der Waals surface area contributed by atoms with Crippen LogP contribution in [0, 0.1) is 10.8 Å². The van der Waals surface area contributed by atoms with Gasteiger partial charge >= 0.3 is 0 Å². The minimum atomic E-state index is -0.265. The third-order valence-corrected chi connectivity index (χ3v) is 2.95. The van der Waals surface area contributed by atoms with E-state index in [1.165, 1.54) is 0 Å². The predicted molar refractivity (Wildman–Crippen MR) is 58.2 cm³/mol. The van der Waals surface area contributed by atoms with Crippen LogP contribution in [-0.4, -0.2) is 11.2 Å². The van der Waals surface area contributed by atoms with Crippen LogP contribution in [0.5, 0.6) is 0 Å². The lowest BCUT2D eigenvalue weighted by Crippen LogP contribution is -2.29. The number of alkyl halides is 1. The molecule has 0 aromatic rings. The lowest BCUT2D eigenvalue weighted by molar-refractivity contribution is -0.126. The highest BCUT2D eigenvalue weighted by Crippen LogP contribution is 2.30. The van der Waals surface area contributed by atoms with Crippen LogP contribution in [0.15, 0.2) is 0 Å². The molecule has 0 N–H and O–H groups in total. The highest BCUT2D eigenvalue weighted by molar-refractivity contribution is 6.22. The van der Waals surface area contributed by atoms with Gasteiger partial charge in [0.1, 0.15) is 5.78 Å². The van der Waals surface area contributed by atoms with Gasteiger partial charge in [0.25, 0.3) is 0 Å². The largest absolute Gasteiger partial charge is 0.299 e. The van der Waals surface area contributed by atoms with Crippen molar-refractivity contribution in [3.8, 4) is 0 Å². The number of halogens is 1. The first-order valence-corrected chi connectivity index (χ1v) is 5.16. The molecular formula is C11H21ClO. The first-order chi connectivity index (χ1) is 5.55. The van der Waals surface area contributed by atoms with Gasteiger partial charge in [-0.1, -0.05) is 41.5 Å². The molecule has 0 spiro atoms. The van der Waals surface area contributed by atoms with E-state index < -0.39 is 0 Å². The Morgan fingerprint density at radius 2 is 1.54 bits per heavy atom. The van der Waals surface area contributed by atoms with Gasteiger partial charge in [-0.3, -0.25) is 4.79 Å². The summed E-state index contributed by atoms with van der Waals surface area (Å²) < 4.78 is 0. The second kappa shape index (κ2) is 4.00. The monoisotopic (exact) mass is 204 g/mol. The zero-order valence-electron chi connectivity index (χ0n) is 9.57. The minimum absolute atomic E-state index is 0.00245. The van der Waals surface area contributed by atoms with Crippen molar-refractivity contribution >= 4 is 17.4 Å². The molecule has 0 saturated heterocycles. The number of carbonyl (C=O) groups is 1. The molecular weight excluding hydrogens is 184 g/mol. The van der Waals surface area contributed by atoms with Crippen molar-refractivity contribution in [1.82, 2.24) is 0 Å². The molecule has 0 aromatic carbocycles. The van der Waals surface area contributed by atoms with E-state index in [-0.39, 0.29) is 22.0 Å². The lowest BCUT2D eigenvalue weighted by Gasteiger charge is -2.27. The van der Waals surface area contributed by atoms with Crippen LogP contribution < -0.4 is 0 Å². The molecule has 0 aliphatic heterocycles. The van der Waals surface area contributed by atoms with Crippen LogP contribution >= 0.6 is 11.6 Å². The first kappa shape index (κ1) is 13.0. The number of Topliss-reactive ketones (excluding diaryl/α,β-unsaturated/α-hetero) is 1. The number of carbonyl (C=O) groups excluding carboxylic acids is 1. The van der Waals surface area contributed by atoms with E-state index in [1.807, 2.05) is 20.8 Å². The molecule has 0 heterocycles. The molecule has 2 heteroatoms. The molecule has 0 aliphatic carbocycles. The lowest BCUT2D eigenvalue weighted by atomic mass is 9.82. The Hall–Kier alpha value is -0.0400. The van der Waals surface area contributed by atoms with Crippen LogP contribution in [0.4, 0.5) is 0 Å².